The van der Waals surface area contributed by atoms with Crippen LogP contribution < -0.4 is 0 Å². The van der Waals surface area contributed by atoms with Crippen LogP contribution in [-0.2, 0) is 0 Å². The average Bonchev–Trinajstić information content (AvgIpc) is 2.13. The van der Waals surface area contributed by atoms with Crippen LogP contribution in [0, 0.1) is 5.41 Å². The molecule has 0 bridgehead atoms. The molecule has 1 N–H and O–H groups in total. The first-order chi connectivity index (χ1) is 6.53. The second-order valence-corrected chi connectivity index (χ2v) is 4.60. The van der Waals surface area contributed by atoms with E-state index in [1.54, 1.807) is 0 Å². The maximum Gasteiger partial charge on any atom is 0.0821 e. The number of hydrogen-bond donors (Lipinski definition) is 1. The van der Waals surface area contributed by atoms with Crippen molar-refractivity contribution < 1.29 is 5.11 Å². The van der Waals surface area contributed by atoms with Crippen LogP contribution in [0.4, 0.5) is 0 Å². The Morgan fingerprint density at radius 1 is 1.57 bits per heavy atom. The summed E-state index contributed by atoms with van der Waals surface area (Å²) in [6.45, 7) is 8.26. The van der Waals surface area contributed by atoms with Gasteiger partial charge in [-0.3, -0.25) is 4.99 Å². The van der Waals surface area contributed by atoms with E-state index in [1.165, 1.54) is 0 Å². The van der Waals surface area contributed by atoms with E-state index in [-0.39, 0.29) is 11.5 Å². The number of rotatable bonds is 2. The highest BCUT2D eigenvalue weighted by molar-refractivity contribution is 5.55. The highest BCUT2D eigenvalue weighted by Crippen LogP contribution is 2.40. The van der Waals surface area contributed by atoms with Crippen LogP contribution >= 0.6 is 0 Å². The summed E-state index contributed by atoms with van der Waals surface area (Å²) < 4.78 is 0. The summed E-state index contributed by atoms with van der Waals surface area (Å²) in [4.78, 5) is 4.35. The van der Waals surface area contributed by atoms with Gasteiger partial charge in [-0.15, -0.1) is 0 Å². The molecule has 0 radical (unpaired) electrons. The Labute approximate surface area is 86.7 Å². The smallest absolute Gasteiger partial charge is 0.0821 e. The van der Waals surface area contributed by atoms with Crippen molar-refractivity contribution in [3.63, 3.8) is 0 Å². The van der Waals surface area contributed by atoms with Gasteiger partial charge in [0.2, 0.25) is 0 Å². The Hall–Kier alpha value is -0.630. The Balaban J connectivity index is 3.02. The van der Waals surface area contributed by atoms with E-state index >= 15 is 0 Å². The van der Waals surface area contributed by atoms with E-state index in [2.05, 4.69) is 25.8 Å². The molecule has 0 aromatic carbocycles. The second kappa shape index (κ2) is 4.26. The first-order valence-electron chi connectivity index (χ1n) is 5.41. The molecule has 1 atom stereocenters. The Kier molecular flexibility index (Phi) is 3.48. The third-order valence-corrected chi connectivity index (χ3v) is 3.11. The van der Waals surface area contributed by atoms with Crippen molar-refractivity contribution in [1.29, 1.82) is 0 Å². The van der Waals surface area contributed by atoms with E-state index in [0.29, 0.717) is 0 Å². The minimum atomic E-state index is -0.319. The van der Waals surface area contributed by atoms with Crippen molar-refractivity contribution in [3.8, 4) is 0 Å². The standard InChI is InChI=1S/C12H21NO/c1-5-9-10(13-6-2)7-8-12(3,4)11(9)14/h6,11,14H,5,7-8H2,1-4H3. The molecule has 0 aromatic rings. The van der Waals surface area contributed by atoms with E-state index in [9.17, 15) is 5.11 Å². The van der Waals surface area contributed by atoms with Gasteiger partial charge < -0.3 is 5.11 Å². The summed E-state index contributed by atoms with van der Waals surface area (Å²) in [5, 5.41) is 10.2. The molecule has 1 aliphatic rings. The van der Waals surface area contributed by atoms with Crippen LogP contribution in [0.25, 0.3) is 0 Å². The molecule has 0 fully saturated rings. The van der Waals surface area contributed by atoms with Crippen LogP contribution in [0.5, 0.6) is 0 Å². The Morgan fingerprint density at radius 3 is 2.71 bits per heavy atom. The fraction of sp³-hybridized carbons (Fsp3) is 0.750. The number of aliphatic hydroxyl groups is 1. The molecule has 0 heterocycles. The first kappa shape index (κ1) is 11.4. The normalized spacial score (nSPS) is 27.4. The lowest BCUT2D eigenvalue weighted by Crippen LogP contribution is -2.34. The van der Waals surface area contributed by atoms with Gasteiger partial charge in [-0.25, -0.2) is 0 Å². The average molecular weight is 195 g/mol. The zero-order valence-electron chi connectivity index (χ0n) is 9.67. The van der Waals surface area contributed by atoms with Crippen molar-refractivity contribution in [2.45, 2.75) is 53.1 Å². The van der Waals surface area contributed by atoms with Crippen LogP contribution in [0.2, 0.25) is 0 Å². The first-order valence-corrected chi connectivity index (χ1v) is 5.41. The van der Waals surface area contributed by atoms with Gasteiger partial charge in [0, 0.05) is 11.9 Å². The molecule has 1 rings (SSSR count). The zero-order chi connectivity index (χ0) is 10.8. The van der Waals surface area contributed by atoms with Gasteiger partial charge in [-0.1, -0.05) is 20.8 Å². The topological polar surface area (TPSA) is 32.6 Å². The number of hydrogen-bond acceptors (Lipinski definition) is 2. The van der Waals surface area contributed by atoms with Crippen molar-refractivity contribution in [1.82, 2.24) is 0 Å². The molecule has 0 spiro atoms. The molecule has 0 aromatic heterocycles. The molecular formula is C12H21NO. The molecule has 0 amide bonds. The SMILES string of the molecule is CC=NC1=C(CC)C(O)C(C)(C)CC1. The van der Waals surface area contributed by atoms with E-state index < -0.39 is 0 Å². The Bertz CT molecular complexity index is 263. The third-order valence-electron chi connectivity index (χ3n) is 3.11. The van der Waals surface area contributed by atoms with Gasteiger partial charge in [0.15, 0.2) is 0 Å². The maximum atomic E-state index is 10.2. The lowest BCUT2D eigenvalue weighted by molar-refractivity contribution is 0.0617. The van der Waals surface area contributed by atoms with Gasteiger partial charge in [0.1, 0.15) is 0 Å². The molecule has 1 unspecified atom stereocenters. The molecule has 1 aliphatic carbocycles. The molecule has 0 saturated heterocycles. The van der Waals surface area contributed by atoms with E-state index in [0.717, 1.165) is 30.5 Å². The molecule has 0 aliphatic heterocycles. The quantitative estimate of drug-likeness (QED) is 0.675. The monoisotopic (exact) mass is 195 g/mol. The van der Waals surface area contributed by atoms with Crippen LogP contribution in [-0.4, -0.2) is 17.4 Å². The minimum absolute atomic E-state index is 0.0120. The summed E-state index contributed by atoms with van der Waals surface area (Å²) in [7, 11) is 0. The summed E-state index contributed by atoms with van der Waals surface area (Å²) in [5.41, 5.74) is 2.24. The lowest BCUT2D eigenvalue weighted by atomic mass is 9.73. The van der Waals surface area contributed by atoms with Gasteiger partial charge in [-0.2, -0.15) is 0 Å². The summed E-state index contributed by atoms with van der Waals surface area (Å²) >= 11 is 0. The zero-order valence-corrected chi connectivity index (χ0v) is 9.67. The van der Waals surface area contributed by atoms with Crippen molar-refractivity contribution >= 4 is 6.21 Å². The van der Waals surface area contributed by atoms with Crippen LogP contribution in [0.1, 0.15) is 47.0 Å². The molecule has 2 heteroatoms. The molecule has 14 heavy (non-hydrogen) atoms. The largest absolute Gasteiger partial charge is 0.388 e. The predicted octanol–water partition coefficient (Wildman–Crippen LogP) is 2.92. The summed E-state index contributed by atoms with van der Waals surface area (Å²) in [6, 6.07) is 0. The molecular weight excluding hydrogens is 174 g/mol. The van der Waals surface area contributed by atoms with Crippen molar-refractivity contribution in [3.05, 3.63) is 11.3 Å². The number of nitrogens with zero attached hydrogens (tertiary/aromatic N) is 1. The van der Waals surface area contributed by atoms with E-state index in [4.69, 9.17) is 0 Å². The fourth-order valence-electron chi connectivity index (χ4n) is 2.07. The Morgan fingerprint density at radius 2 is 2.21 bits per heavy atom. The highest BCUT2D eigenvalue weighted by atomic mass is 16.3. The summed E-state index contributed by atoms with van der Waals surface area (Å²) in [5.74, 6) is 0. The van der Waals surface area contributed by atoms with Crippen LogP contribution in [0.15, 0.2) is 16.3 Å². The third kappa shape index (κ3) is 2.06. The number of aliphatic hydroxyl groups excluding tert-OH is 1. The van der Waals surface area contributed by atoms with Gasteiger partial charge in [-0.05, 0) is 37.2 Å². The fourth-order valence-corrected chi connectivity index (χ4v) is 2.07. The van der Waals surface area contributed by atoms with Crippen molar-refractivity contribution in [2.75, 3.05) is 0 Å². The molecule has 80 valence electrons. The highest BCUT2D eigenvalue weighted by Gasteiger charge is 2.35. The molecule has 0 saturated carbocycles. The van der Waals surface area contributed by atoms with Gasteiger partial charge in [0.05, 0.1) is 6.10 Å². The summed E-state index contributed by atoms with van der Waals surface area (Å²) in [6.07, 6.45) is 4.41. The number of aliphatic imine (C=N–C) groups is 1. The van der Waals surface area contributed by atoms with Gasteiger partial charge >= 0.3 is 0 Å². The number of allylic oxidation sites excluding steroid dienone is 1. The molecule has 2 nitrogen and oxygen atoms in total. The van der Waals surface area contributed by atoms with Crippen molar-refractivity contribution in [2.24, 2.45) is 10.4 Å². The predicted molar refractivity (Wildman–Crippen MR) is 60.5 cm³/mol. The minimum Gasteiger partial charge on any atom is -0.388 e. The maximum absolute atomic E-state index is 10.2. The van der Waals surface area contributed by atoms with Crippen LogP contribution in [0.3, 0.4) is 0 Å². The van der Waals surface area contributed by atoms with Gasteiger partial charge in [0.25, 0.3) is 0 Å². The second-order valence-electron chi connectivity index (χ2n) is 4.60. The lowest BCUT2D eigenvalue weighted by Gasteiger charge is -2.37. The van der Waals surface area contributed by atoms with E-state index in [1.807, 2.05) is 13.1 Å².